The van der Waals surface area contributed by atoms with Crippen LogP contribution in [0.5, 0.6) is 0 Å². The Morgan fingerprint density at radius 2 is 1.41 bits per heavy atom. The van der Waals surface area contributed by atoms with E-state index in [4.69, 9.17) is 9.47 Å². The van der Waals surface area contributed by atoms with Crippen molar-refractivity contribution >= 4 is 11.9 Å². The van der Waals surface area contributed by atoms with Crippen LogP contribution in [0.1, 0.15) is 47.0 Å². The molecule has 0 fully saturated rings. The van der Waals surface area contributed by atoms with Gasteiger partial charge < -0.3 is 9.47 Å². The van der Waals surface area contributed by atoms with Gasteiger partial charge in [-0.25, -0.2) is 0 Å². The molecule has 0 bridgehead atoms. The quantitative estimate of drug-likeness (QED) is 0.616. The Balaban J connectivity index is 4.32. The number of rotatable bonds is 8. The van der Waals surface area contributed by atoms with Gasteiger partial charge in [0.2, 0.25) is 0 Å². The molecule has 0 aromatic heterocycles. The zero-order chi connectivity index (χ0) is 13.3. The minimum Gasteiger partial charge on any atom is -0.465 e. The van der Waals surface area contributed by atoms with Crippen LogP contribution >= 0.6 is 0 Å². The van der Waals surface area contributed by atoms with Gasteiger partial charge in [-0.2, -0.15) is 0 Å². The van der Waals surface area contributed by atoms with Gasteiger partial charge in [0, 0.05) is 0 Å². The van der Waals surface area contributed by atoms with E-state index in [9.17, 15) is 9.59 Å². The largest absolute Gasteiger partial charge is 0.465 e. The fourth-order valence-corrected chi connectivity index (χ4v) is 1.53. The van der Waals surface area contributed by atoms with Crippen LogP contribution in [0.25, 0.3) is 0 Å². The summed E-state index contributed by atoms with van der Waals surface area (Å²) in [4.78, 5) is 23.4. The molecule has 0 spiro atoms. The molecule has 0 aromatic carbocycles. The Bertz CT molecular complexity index is 238. The van der Waals surface area contributed by atoms with E-state index in [1.165, 1.54) is 0 Å². The van der Waals surface area contributed by atoms with Crippen molar-refractivity contribution in [2.75, 3.05) is 13.2 Å². The van der Waals surface area contributed by atoms with Crippen molar-refractivity contribution in [2.24, 2.45) is 11.8 Å². The molecule has 0 aliphatic rings. The second-order valence-corrected chi connectivity index (χ2v) is 4.14. The van der Waals surface area contributed by atoms with Crippen molar-refractivity contribution in [1.29, 1.82) is 0 Å². The van der Waals surface area contributed by atoms with Crippen LogP contribution in [0, 0.1) is 11.8 Å². The monoisotopic (exact) mass is 244 g/mol. The van der Waals surface area contributed by atoms with Crippen LogP contribution in [0.3, 0.4) is 0 Å². The smallest absolute Gasteiger partial charge is 0.309 e. The maximum atomic E-state index is 11.7. The highest BCUT2D eigenvalue weighted by Gasteiger charge is 2.30. The first kappa shape index (κ1) is 15.9. The molecule has 0 aromatic rings. The second-order valence-electron chi connectivity index (χ2n) is 4.14. The number of ether oxygens (including phenoxy) is 2. The lowest BCUT2D eigenvalue weighted by molar-refractivity contribution is -0.160. The molecule has 2 unspecified atom stereocenters. The van der Waals surface area contributed by atoms with E-state index in [0.29, 0.717) is 19.6 Å². The Morgan fingerprint density at radius 1 is 0.941 bits per heavy atom. The molecule has 0 saturated heterocycles. The van der Waals surface area contributed by atoms with E-state index in [-0.39, 0.29) is 11.9 Å². The van der Waals surface area contributed by atoms with Crippen LogP contribution in [-0.4, -0.2) is 25.2 Å². The van der Waals surface area contributed by atoms with Gasteiger partial charge in [0.15, 0.2) is 0 Å². The first-order chi connectivity index (χ1) is 8.08. The lowest BCUT2D eigenvalue weighted by Gasteiger charge is -2.19. The van der Waals surface area contributed by atoms with Gasteiger partial charge in [0.05, 0.1) is 25.0 Å². The molecule has 100 valence electrons. The summed E-state index contributed by atoms with van der Waals surface area (Å²) in [6, 6.07) is 0. The van der Waals surface area contributed by atoms with E-state index < -0.39 is 11.8 Å². The molecule has 4 nitrogen and oxygen atoms in total. The third-order valence-electron chi connectivity index (χ3n) is 2.61. The van der Waals surface area contributed by atoms with Crippen LogP contribution in [0.15, 0.2) is 0 Å². The van der Waals surface area contributed by atoms with E-state index in [1.54, 1.807) is 6.92 Å². The fourth-order valence-electron chi connectivity index (χ4n) is 1.53. The predicted molar refractivity (Wildman–Crippen MR) is 65.4 cm³/mol. The highest BCUT2D eigenvalue weighted by Crippen LogP contribution is 2.19. The Labute approximate surface area is 104 Å². The van der Waals surface area contributed by atoms with E-state index >= 15 is 0 Å². The summed E-state index contributed by atoms with van der Waals surface area (Å²) in [5.74, 6) is -1.44. The first-order valence-electron chi connectivity index (χ1n) is 6.41. The zero-order valence-electron chi connectivity index (χ0n) is 11.3. The molecule has 17 heavy (non-hydrogen) atoms. The summed E-state index contributed by atoms with van der Waals surface area (Å²) >= 11 is 0. The highest BCUT2D eigenvalue weighted by molar-refractivity contribution is 5.81. The van der Waals surface area contributed by atoms with Crippen LogP contribution in [0.2, 0.25) is 0 Å². The maximum absolute atomic E-state index is 11.7. The van der Waals surface area contributed by atoms with Crippen molar-refractivity contribution in [2.45, 2.75) is 47.0 Å². The average molecular weight is 244 g/mol. The van der Waals surface area contributed by atoms with Gasteiger partial charge in [-0.3, -0.25) is 9.59 Å². The molecule has 2 atom stereocenters. The average Bonchev–Trinajstić information content (AvgIpc) is 2.33. The number of hydrogen-bond acceptors (Lipinski definition) is 4. The molecular weight excluding hydrogens is 220 g/mol. The summed E-state index contributed by atoms with van der Waals surface area (Å²) in [6.45, 7) is 8.29. The Kier molecular flexibility index (Phi) is 8.46. The lowest BCUT2D eigenvalue weighted by Crippen LogP contribution is -2.30. The molecule has 4 heteroatoms. The first-order valence-corrected chi connectivity index (χ1v) is 6.41. The molecule has 0 amide bonds. The molecule has 0 saturated carbocycles. The number of carbonyl (C=O) groups excluding carboxylic acids is 2. The standard InChI is InChI=1S/C13H24O4/c1-5-8-16-12(14)10(4)11(7-3)13(15)17-9-6-2/h10-11H,5-9H2,1-4H3. The third kappa shape index (κ3) is 5.71. The molecule has 0 rings (SSSR count). The third-order valence-corrected chi connectivity index (χ3v) is 2.61. The van der Waals surface area contributed by atoms with Crippen molar-refractivity contribution in [1.82, 2.24) is 0 Å². The van der Waals surface area contributed by atoms with Gasteiger partial charge in [-0.1, -0.05) is 27.7 Å². The molecule has 0 heterocycles. The number of hydrogen-bond donors (Lipinski definition) is 0. The topological polar surface area (TPSA) is 52.6 Å². The zero-order valence-corrected chi connectivity index (χ0v) is 11.3. The van der Waals surface area contributed by atoms with Gasteiger partial charge in [-0.05, 0) is 19.3 Å². The minimum atomic E-state index is -0.434. The van der Waals surface area contributed by atoms with Gasteiger partial charge in [0.1, 0.15) is 0 Å². The van der Waals surface area contributed by atoms with Gasteiger partial charge >= 0.3 is 11.9 Å². The van der Waals surface area contributed by atoms with Crippen molar-refractivity contribution in [3.8, 4) is 0 Å². The molecular formula is C13H24O4. The summed E-state index contributed by atoms with van der Waals surface area (Å²) in [5.41, 5.74) is 0. The normalized spacial score (nSPS) is 13.9. The maximum Gasteiger partial charge on any atom is 0.309 e. The van der Waals surface area contributed by atoms with Crippen molar-refractivity contribution < 1.29 is 19.1 Å². The van der Waals surface area contributed by atoms with Crippen LogP contribution < -0.4 is 0 Å². The van der Waals surface area contributed by atoms with E-state index in [0.717, 1.165) is 12.8 Å². The van der Waals surface area contributed by atoms with E-state index in [1.807, 2.05) is 20.8 Å². The van der Waals surface area contributed by atoms with Gasteiger partial charge in [-0.15, -0.1) is 0 Å². The highest BCUT2D eigenvalue weighted by atomic mass is 16.5. The molecule has 0 N–H and O–H groups in total. The summed E-state index contributed by atoms with van der Waals surface area (Å²) < 4.78 is 10.1. The molecule has 0 radical (unpaired) electrons. The van der Waals surface area contributed by atoms with Gasteiger partial charge in [0.25, 0.3) is 0 Å². The number of carbonyl (C=O) groups is 2. The van der Waals surface area contributed by atoms with E-state index in [2.05, 4.69) is 0 Å². The van der Waals surface area contributed by atoms with Crippen LogP contribution in [-0.2, 0) is 19.1 Å². The summed E-state index contributed by atoms with van der Waals surface area (Å²) in [6.07, 6.45) is 2.16. The van der Waals surface area contributed by atoms with Crippen LogP contribution in [0.4, 0.5) is 0 Å². The summed E-state index contributed by atoms with van der Waals surface area (Å²) in [7, 11) is 0. The lowest BCUT2D eigenvalue weighted by atomic mass is 9.92. The number of esters is 2. The minimum absolute atomic E-state index is 0.296. The Hall–Kier alpha value is -1.06. The van der Waals surface area contributed by atoms with Crippen molar-refractivity contribution in [3.05, 3.63) is 0 Å². The Morgan fingerprint density at radius 3 is 1.82 bits per heavy atom. The second kappa shape index (κ2) is 9.02. The predicted octanol–water partition coefficient (Wildman–Crippen LogP) is 2.56. The molecule has 0 aliphatic heterocycles. The summed E-state index contributed by atoms with van der Waals surface area (Å²) in [5, 5.41) is 0. The SMILES string of the molecule is CCCOC(=O)C(C)C(CC)C(=O)OCCC. The van der Waals surface area contributed by atoms with Crippen molar-refractivity contribution in [3.63, 3.8) is 0 Å². The fraction of sp³-hybridized carbons (Fsp3) is 0.846. The molecule has 0 aliphatic carbocycles.